The van der Waals surface area contributed by atoms with E-state index < -0.39 is 0 Å². The fraction of sp³-hybridized carbons (Fsp3) is 0.474. The van der Waals surface area contributed by atoms with Crippen molar-refractivity contribution in [3.8, 4) is 0 Å². The molecule has 0 radical (unpaired) electrons. The van der Waals surface area contributed by atoms with E-state index in [-0.39, 0.29) is 29.8 Å². The van der Waals surface area contributed by atoms with E-state index in [1.807, 2.05) is 30.8 Å². The Morgan fingerprint density at radius 3 is 2.52 bits per heavy atom. The van der Waals surface area contributed by atoms with Crippen molar-refractivity contribution in [2.24, 2.45) is 12.0 Å². The third kappa shape index (κ3) is 7.06. The smallest absolute Gasteiger partial charge is 0.190 e. The van der Waals surface area contributed by atoms with Crippen LogP contribution in [0.5, 0.6) is 0 Å². The molecule has 1 heterocycles. The molecule has 0 saturated heterocycles. The Bertz CT molecular complexity index is 776. The number of aryl methyl sites for hydroxylation is 3. The van der Waals surface area contributed by atoms with E-state index in [0.717, 1.165) is 47.6 Å². The first-order valence-corrected chi connectivity index (χ1v) is 9.59. The zero-order chi connectivity index (χ0) is 19.1. The maximum Gasteiger partial charge on any atom is 0.190 e. The minimum absolute atomic E-state index is 0. The number of benzene rings is 1. The average molecular weight is 552 g/mol. The van der Waals surface area contributed by atoms with Crippen LogP contribution in [0.1, 0.15) is 28.9 Å². The van der Waals surface area contributed by atoms with Gasteiger partial charge in [0.15, 0.2) is 5.96 Å². The molecule has 0 unspecified atom stereocenters. The number of aliphatic imine (C=N–C) groups is 1. The molecule has 2 aromatic rings. The number of halogens is 3. The first-order chi connectivity index (χ1) is 12.4. The number of rotatable bonds is 7. The normalized spacial score (nSPS) is 11.3. The number of aromatic nitrogens is 2. The fourth-order valence-electron chi connectivity index (χ4n) is 2.92. The number of hydrogen-bond acceptors (Lipinski definition) is 2. The van der Waals surface area contributed by atoms with Gasteiger partial charge in [-0.05, 0) is 56.4 Å². The summed E-state index contributed by atoms with van der Waals surface area (Å²) in [6, 6.07) is 5.20. The molecule has 0 saturated carbocycles. The average Bonchev–Trinajstić information content (AvgIpc) is 2.84. The maximum absolute atomic E-state index is 13.8. The van der Waals surface area contributed by atoms with Crippen molar-refractivity contribution in [3.05, 3.63) is 51.0 Å². The number of guanidine groups is 1. The lowest BCUT2D eigenvalue weighted by Gasteiger charge is -2.12. The summed E-state index contributed by atoms with van der Waals surface area (Å²) in [7, 11) is 3.72. The van der Waals surface area contributed by atoms with Crippen molar-refractivity contribution in [2.45, 2.75) is 33.1 Å². The van der Waals surface area contributed by atoms with Gasteiger partial charge in [0.05, 0.1) is 5.69 Å². The van der Waals surface area contributed by atoms with Crippen molar-refractivity contribution in [1.82, 2.24) is 20.4 Å². The summed E-state index contributed by atoms with van der Waals surface area (Å²) < 4.78 is 16.5. The fourth-order valence-corrected chi connectivity index (χ4v) is 3.25. The minimum atomic E-state index is -0.163. The van der Waals surface area contributed by atoms with E-state index >= 15 is 0 Å². The van der Waals surface area contributed by atoms with Crippen molar-refractivity contribution in [1.29, 1.82) is 0 Å². The molecule has 0 amide bonds. The van der Waals surface area contributed by atoms with Gasteiger partial charge in [-0.15, -0.1) is 24.0 Å². The first-order valence-electron chi connectivity index (χ1n) is 8.80. The maximum atomic E-state index is 13.8. The second-order valence-corrected chi connectivity index (χ2v) is 7.20. The van der Waals surface area contributed by atoms with Crippen LogP contribution in [-0.4, -0.2) is 35.9 Å². The lowest BCUT2D eigenvalue weighted by Crippen LogP contribution is -2.38. The van der Waals surface area contributed by atoms with Crippen molar-refractivity contribution >= 4 is 45.9 Å². The van der Waals surface area contributed by atoms with Crippen LogP contribution in [-0.2, 0) is 19.9 Å². The van der Waals surface area contributed by atoms with E-state index in [1.54, 1.807) is 7.05 Å². The molecule has 27 heavy (non-hydrogen) atoms. The summed E-state index contributed by atoms with van der Waals surface area (Å²) in [5.74, 6) is 0.601. The van der Waals surface area contributed by atoms with Gasteiger partial charge in [-0.1, -0.05) is 22.0 Å². The Morgan fingerprint density at radius 2 is 1.93 bits per heavy atom. The van der Waals surface area contributed by atoms with Crippen LogP contribution in [0, 0.1) is 19.7 Å². The quantitative estimate of drug-likeness (QED) is 0.237. The Labute approximate surface area is 186 Å². The van der Waals surface area contributed by atoms with Crippen LogP contribution in [0.4, 0.5) is 4.39 Å². The van der Waals surface area contributed by atoms with Gasteiger partial charge < -0.3 is 10.6 Å². The zero-order valence-corrected chi connectivity index (χ0v) is 20.2. The van der Waals surface area contributed by atoms with E-state index in [0.29, 0.717) is 6.42 Å². The molecule has 150 valence electrons. The predicted octanol–water partition coefficient (Wildman–Crippen LogP) is 3.90. The van der Waals surface area contributed by atoms with Crippen LogP contribution >= 0.6 is 39.9 Å². The summed E-state index contributed by atoms with van der Waals surface area (Å²) in [6.07, 6.45) is 2.42. The highest BCUT2D eigenvalue weighted by atomic mass is 127. The Balaban J connectivity index is 0.00000364. The van der Waals surface area contributed by atoms with Crippen LogP contribution in [0.3, 0.4) is 0 Å². The molecule has 0 fully saturated rings. The van der Waals surface area contributed by atoms with Crippen molar-refractivity contribution in [2.75, 3.05) is 20.1 Å². The van der Waals surface area contributed by atoms with E-state index in [2.05, 4.69) is 43.6 Å². The molecule has 0 spiro atoms. The molecule has 0 aliphatic rings. The van der Waals surface area contributed by atoms with Gasteiger partial charge in [-0.3, -0.25) is 9.67 Å². The van der Waals surface area contributed by atoms with Gasteiger partial charge in [0.1, 0.15) is 5.82 Å². The van der Waals surface area contributed by atoms with Gasteiger partial charge in [-0.25, -0.2) is 4.39 Å². The van der Waals surface area contributed by atoms with Crippen LogP contribution < -0.4 is 10.6 Å². The Kier molecular flexibility index (Phi) is 10.3. The monoisotopic (exact) mass is 551 g/mol. The highest BCUT2D eigenvalue weighted by Gasteiger charge is 2.09. The molecule has 0 aliphatic heterocycles. The van der Waals surface area contributed by atoms with Crippen LogP contribution in [0.2, 0.25) is 0 Å². The third-order valence-corrected chi connectivity index (χ3v) is 4.97. The summed E-state index contributed by atoms with van der Waals surface area (Å²) in [5.41, 5.74) is 4.29. The molecule has 8 heteroatoms. The Morgan fingerprint density at radius 1 is 1.22 bits per heavy atom. The predicted molar refractivity (Wildman–Crippen MR) is 124 cm³/mol. The number of nitrogens with zero attached hydrogens (tertiary/aromatic N) is 3. The molecule has 0 aliphatic carbocycles. The second kappa shape index (κ2) is 11.6. The Hall–Kier alpha value is -1.16. The number of hydrogen-bond donors (Lipinski definition) is 2. The van der Waals surface area contributed by atoms with Gasteiger partial charge in [0.25, 0.3) is 0 Å². The third-order valence-electron chi connectivity index (χ3n) is 4.48. The van der Waals surface area contributed by atoms with Crippen LogP contribution in [0.15, 0.2) is 27.7 Å². The zero-order valence-electron chi connectivity index (χ0n) is 16.3. The standard InChI is InChI=1S/C19H27BrFN5.HI/c1-13-17(14(2)26(4)25-13)9-11-24-19(22-3)23-10-5-6-15-7-8-16(20)12-18(15)21;/h7-8,12H,5-6,9-11H2,1-4H3,(H2,22,23,24);1H. The molecule has 2 rings (SSSR count). The van der Waals surface area contributed by atoms with Gasteiger partial charge >= 0.3 is 0 Å². The molecule has 0 bridgehead atoms. The molecule has 1 aromatic heterocycles. The summed E-state index contributed by atoms with van der Waals surface area (Å²) in [6.45, 7) is 5.65. The second-order valence-electron chi connectivity index (χ2n) is 6.29. The van der Waals surface area contributed by atoms with Gasteiger partial charge in [0.2, 0.25) is 0 Å². The van der Waals surface area contributed by atoms with E-state index in [4.69, 9.17) is 0 Å². The van der Waals surface area contributed by atoms with Crippen molar-refractivity contribution < 1.29 is 4.39 Å². The van der Waals surface area contributed by atoms with Gasteiger partial charge in [-0.2, -0.15) is 5.10 Å². The summed E-state index contributed by atoms with van der Waals surface area (Å²) in [5, 5.41) is 11.0. The summed E-state index contributed by atoms with van der Waals surface area (Å²) in [4.78, 5) is 4.24. The molecule has 2 N–H and O–H groups in total. The SMILES string of the molecule is CN=C(NCCCc1ccc(Br)cc1F)NCCc1c(C)nn(C)c1C.I. The largest absolute Gasteiger partial charge is 0.356 e. The van der Waals surface area contributed by atoms with Gasteiger partial charge in [0, 0.05) is 37.4 Å². The molecular weight excluding hydrogens is 524 g/mol. The topological polar surface area (TPSA) is 54.2 Å². The highest BCUT2D eigenvalue weighted by Crippen LogP contribution is 2.16. The minimum Gasteiger partial charge on any atom is -0.356 e. The molecule has 5 nitrogen and oxygen atoms in total. The number of nitrogens with one attached hydrogen (secondary N) is 2. The molecular formula is C19H28BrFIN5. The van der Waals surface area contributed by atoms with Crippen molar-refractivity contribution in [3.63, 3.8) is 0 Å². The molecule has 1 aromatic carbocycles. The lowest BCUT2D eigenvalue weighted by molar-refractivity contribution is 0.602. The highest BCUT2D eigenvalue weighted by molar-refractivity contribution is 14.0. The first kappa shape index (κ1) is 23.9. The van der Waals surface area contributed by atoms with E-state index in [1.165, 1.54) is 17.3 Å². The lowest BCUT2D eigenvalue weighted by atomic mass is 10.1. The summed E-state index contributed by atoms with van der Waals surface area (Å²) >= 11 is 3.28. The van der Waals surface area contributed by atoms with Crippen LogP contribution in [0.25, 0.3) is 0 Å². The van der Waals surface area contributed by atoms with E-state index in [9.17, 15) is 4.39 Å². The molecule has 0 atom stereocenters.